The third kappa shape index (κ3) is 2.07. The molecule has 0 unspecified atom stereocenters. The number of aryl methyl sites for hydroxylation is 1. The van der Waals surface area contributed by atoms with E-state index >= 15 is 0 Å². The van der Waals surface area contributed by atoms with Gasteiger partial charge in [-0.05, 0) is 17.7 Å². The van der Waals surface area contributed by atoms with E-state index in [0.29, 0.717) is 11.1 Å². The molecule has 0 aliphatic rings. The molecule has 6 heteroatoms. The molecule has 0 aliphatic carbocycles. The van der Waals surface area contributed by atoms with Crippen LogP contribution >= 0.6 is 0 Å². The van der Waals surface area contributed by atoms with Crippen LogP contribution in [0.3, 0.4) is 0 Å². The zero-order valence-electron chi connectivity index (χ0n) is 9.36. The van der Waals surface area contributed by atoms with Gasteiger partial charge in [-0.2, -0.15) is 23.5 Å². The number of benzene rings is 1. The van der Waals surface area contributed by atoms with Crippen LogP contribution in [-0.2, 0) is 13.2 Å². The first kappa shape index (κ1) is 12.2. The van der Waals surface area contributed by atoms with Crippen LogP contribution in [-0.4, -0.2) is 9.78 Å². The first-order chi connectivity index (χ1) is 8.43. The normalized spacial score (nSPS) is 11.3. The van der Waals surface area contributed by atoms with E-state index in [1.807, 2.05) is 6.07 Å². The van der Waals surface area contributed by atoms with Gasteiger partial charge >= 0.3 is 6.18 Å². The second-order valence-corrected chi connectivity index (χ2v) is 3.72. The summed E-state index contributed by atoms with van der Waals surface area (Å²) in [5.41, 5.74) is -0.00711. The second-order valence-electron chi connectivity index (χ2n) is 3.72. The number of aromatic nitrogens is 2. The lowest BCUT2D eigenvalue weighted by atomic mass is 10.0. The first-order valence-electron chi connectivity index (χ1n) is 5.03. The molecule has 0 spiro atoms. The van der Waals surface area contributed by atoms with Crippen molar-refractivity contribution in [2.24, 2.45) is 7.05 Å². The molecule has 0 amide bonds. The molecule has 0 aliphatic heterocycles. The SMILES string of the molecule is Cn1ncc(-c2ccc(C#N)cc2)c1C(F)(F)F. The van der Waals surface area contributed by atoms with E-state index in [9.17, 15) is 13.2 Å². The van der Waals surface area contributed by atoms with Crippen molar-refractivity contribution in [1.29, 1.82) is 5.26 Å². The highest BCUT2D eigenvalue weighted by Crippen LogP contribution is 2.36. The molecule has 3 nitrogen and oxygen atoms in total. The third-order valence-electron chi connectivity index (χ3n) is 2.53. The molecule has 2 rings (SSSR count). The van der Waals surface area contributed by atoms with E-state index in [0.717, 1.165) is 4.68 Å². The summed E-state index contributed by atoms with van der Waals surface area (Å²) in [5.74, 6) is 0. The molecule has 2 aromatic rings. The molecule has 0 saturated heterocycles. The number of alkyl halides is 3. The number of nitriles is 1. The number of nitrogens with zero attached hydrogens (tertiary/aromatic N) is 3. The van der Waals surface area contributed by atoms with Crippen molar-refractivity contribution in [2.75, 3.05) is 0 Å². The van der Waals surface area contributed by atoms with Gasteiger partial charge in [-0.3, -0.25) is 4.68 Å². The summed E-state index contributed by atoms with van der Waals surface area (Å²) in [5, 5.41) is 12.3. The van der Waals surface area contributed by atoms with E-state index in [4.69, 9.17) is 5.26 Å². The Bertz CT molecular complexity index is 603. The van der Waals surface area contributed by atoms with Gasteiger partial charge in [0.1, 0.15) is 5.69 Å². The Morgan fingerprint density at radius 3 is 2.33 bits per heavy atom. The molecular formula is C12H8F3N3. The fourth-order valence-electron chi connectivity index (χ4n) is 1.71. The fourth-order valence-corrected chi connectivity index (χ4v) is 1.71. The van der Waals surface area contributed by atoms with Crippen LogP contribution in [0.1, 0.15) is 11.3 Å². The van der Waals surface area contributed by atoms with Crippen molar-refractivity contribution in [3.8, 4) is 17.2 Å². The molecule has 18 heavy (non-hydrogen) atoms. The van der Waals surface area contributed by atoms with Crippen LogP contribution in [0.5, 0.6) is 0 Å². The van der Waals surface area contributed by atoms with Crippen LogP contribution in [0.2, 0.25) is 0 Å². The lowest BCUT2D eigenvalue weighted by molar-refractivity contribution is -0.143. The lowest BCUT2D eigenvalue weighted by Gasteiger charge is -2.09. The highest BCUT2D eigenvalue weighted by molar-refractivity contribution is 5.66. The minimum absolute atomic E-state index is 0.00879. The number of hydrogen-bond donors (Lipinski definition) is 0. The van der Waals surface area contributed by atoms with Crippen LogP contribution in [0, 0.1) is 11.3 Å². The Hall–Kier alpha value is -2.29. The zero-order valence-corrected chi connectivity index (χ0v) is 9.36. The molecule has 92 valence electrons. The van der Waals surface area contributed by atoms with Gasteiger partial charge < -0.3 is 0 Å². The average Bonchev–Trinajstić information content (AvgIpc) is 2.71. The maximum absolute atomic E-state index is 12.9. The van der Waals surface area contributed by atoms with Gasteiger partial charge in [0.15, 0.2) is 0 Å². The third-order valence-corrected chi connectivity index (χ3v) is 2.53. The Morgan fingerprint density at radius 2 is 1.83 bits per heavy atom. The zero-order chi connectivity index (χ0) is 13.3. The summed E-state index contributed by atoms with van der Waals surface area (Å²) in [7, 11) is 1.25. The summed E-state index contributed by atoms with van der Waals surface area (Å²) in [6.45, 7) is 0. The molecule has 0 saturated carbocycles. The standard InChI is InChI=1S/C12H8F3N3/c1-18-11(12(13,14)15)10(7-17-18)9-4-2-8(6-16)3-5-9/h2-5,7H,1H3. The van der Waals surface area contributed by atoms with Crippen molar-refractivity contribution >= 4 is 0 Å². The van der Waals surface area contributed by atoms with E-state index in [2.05, 4.69) is 5.10 Å². The van der Waals surface area contributed by atoms with Gasteiger partial charge in [0.25, 0.3) is 0 Å². The lowest BCUT2D eigenvalue weighted by Crippen LogP contribution is -2.13. The smallest absolute Gasteiger partial charge is 0.263 e. The summed E-state index contributed by atoms with van der Waals surface area (Å²) in [4.78, 5) is 0. The summed E-state index contributed by atoms with van der Waals surface area (Å²) < 4.78 is 39.4. The van der Waals surface area contributed by atoms with Gasteiger partial charge in [-0.25, -0.2) is 0 Å². The van der Waals surface area contributed by atoms with E-state index in [-0.39, 0.29) is 5.56 Å². The summed E-state index contributed by atoms with van der Waals surface area (Å²) in [6, 6.07) is 7.82. The topological polar surface area (TPSA) is 41.6 Å². The predicted octanol–water partition coefficient (Wildman–Crippen LogP) is 2.98. The van der Waals surface area contributed by atoms with Gasteiger partial charge in [0.2, 0.25) is 0 Å². The van der Waals surface area contributed by atoms with Gasteiger partial charge in [0.05, 0.1) is 17.8 Å². The molecule has 1 aromatic carbocycles. The molecule has 0 bridgehead atoms. The van der Waals surface area contributed by atoms with Crippen molar-refractivity contribution < 1.29 is 13.2 Å². The quantitative estimate of drug-likeness (QED) is 0.781. The Balaban J connectivity index is 2.55. The molecular weight excluding hydrogens is 243 g/mol. The van der Waals surface area contributed by atoms with Crippen LogP contribution in [0.15, 0.2) is 30.5 Å². The Kier molecular flexibility index (Phi) is 2.83. The van der Waals surface area contributed by atoms with Crippen molar-refractivity contribution in [2.45, 2.75) is 6.18 Å². The number of rotatable bonds is 1. The van der Waals surface area contributed by atoms with Crippen LogP contribution in [0.4, 0.5) is 13.2 Å². The summed E-state index contributed by atoms with van der Waals surface area (Å²) in [6.07, 6.45) is -3.29. The Labute approximate surface area is 101 Å². The number of hydrogen-bond acceptors (Lipinski definition) is 2. The molecule has 0 atom stereocenters. The maximum atomic E-state index is 12.9. The molecule has 0 fully saturated rings. The fraction of sp³-hybridized carbons (Fsp3) is 0.167. The molecule has 1 heterocycles. The van der Waals surface area contributed by atoms with Crippen molar-refractivity contribution in [3.63, 3.8) is 0 Å². The average molecular weight is 251 g/mol. The monoisotopic (exact) mass is 251 g/mol. The van der Waals surface area contributed by atoms with Crippen LogP contribution in [0.25, 0.3) is 11.1 Å². The van der Waals surface area contributed by atoms with Crippen molar-refractivity contribution in [1.82, 2.24) is 9.78 Å². The first-order valence-corrected chi connectivity index (χ1v) is 5.03. The summed E-state index contributed by atoms with van der Waals surface area (Å²) >= 11 is 0. The number of halogens is 3. The van der Waals surface area contributed by atoms with E-state index < -0.39 is 11.9 Å². The maximum Gasteiger partial charge on any atom is 0.433 e. The molecule has 0 radical (unpaired) electrons. The van der Waals surface area contributed by atoms with E-state index in [1.165, 1.54) is 37.5 Å². The van der Waals surface area contributed by atoms with E-state index in [1.54, 1.807) is 0 Å². The second kappa shape index (κ2) is 4.18. The predicted molar refractivity (Wildman–Crippen MR) is 58.4 cm³/mol. The van der Waals surface area contributed by atoms with Crippen LogP contribution < -0.4 is 0 Å². The Morgan fingerprint density at radius 1 is 1.22 bits per heavy atom. The molecule has 1 aromatic heterocycles. The van der Waals surface area contributed by atoms with Gasteiger partial charge in [-0.1, -0.05) is 12.1 Å². The largest absolute Gasteiger partial charge is 0.433 e. The molecule has 0 N–H and O–H groups in total. The van der Waals surface area contributed by atoms with Gasteiger partial charge in [0, 0.05) is 12.6 Å². The highest BCUT2D eigenvalue weighted by Gasteiger charge is 2.37. The minimum atomic E-state index is -4.46. The minimum Gasteiger partial charge on any atom is -0.263 e. The van der Waals surface area contributed by atoms with Crippen molar-refractivity contribution in [3.05, 3.63) is 41.7 Å². The highest BCUT2D eigenvalue weighted by atomic mass is 19.4. The van der Waals surface area contributed by atoms with Gasteiger partial charge in [-0.15, -0.1) is 0 Å².